The van der Waals surface area contributed by atoms with Crippen LogP contribution in [0.25, 0.3) is 0 Å². The molecule has 0 aliphatic heterocycles. The van der Waals surface area contributed by atoms with Gasteiger partial charge in [-0.15, -0.1) is 0 Å². The van der Waals surface area contributed by atoms with Crippen molar-refractivity contribution in [2.24, 2.45) is 7.05 Å². The summed E-state index contributed by atoms with van der Waals surface area (Å²) in [6.07, 6.45) is 2.39. The van der Waals surface area contributed by atoms with E-state index in [1.165, 1.54) is 12.1 Å². The lowest BCUT2D eigenvalue weighted by molar-refractivity contribution is -0.383. The summed E-state index contributed by atoms with van der Waals surface area (Å²) in [7, 11) is 1.84. The Labute approximate surface area is 125 Å². The van der Waals surface area contributed by atoms with E-state index in [2.05, 4.69) is 10.4 Å². The van der Waals surface area contributed by atoms with Crippen molar-refractivity contribution in [1.82, 2.24) is 9.78 Å². The molecule has 2 aromatic rings. The second-order valence-corrected chi connectivity index (χ2v) is 4.98. The standard InChI is InChI=1S/C12H12Cl2N4O2/c1-17-8(3-5-16-17)2-4-15-11-6-9(13)10(14)7-12(11)18(19)20/h3,5-7,15H,2,4H2,1H3. The van der Waals surface area contributed by atoms with Crippen molar-refractivity contribution in [3.63, 3.8) is 0 Å². The van der Waals surface area contributed by atoms with Crippen LogP contribution in [0.5, 0.6) is 0 Å². The Bertz CT molecular complexity index is 642. The minimum absolute atomic E-state index is 0.0931. The molecule has 1 N–H and O–H groups in total. The van der Waals surface area contributed by atoms with E-state index in [-0.39, 0.29) is 15.7 Å². The van der Waals surface area contributed by atoms with Gasteiger partial charge in [-0.25, -0.2) is 0 Å². The van der Waals surface area contributed by atoms with Crippen LogP contribution in [-0.2, 0) is 13.5 Å². The van der Waals surface area contributed by atoms with Gasteiger partial charge in [0.25, 0.3) is 5.69 Å². The number of aromatic nitrogens is 2. The van der Waals surface area contributed by atoms with Crippen LogP contribution in [0, 0.1) is 10.1 Å². The molecule has 0 unspecified atom stereocenters. The van der Waals surface area contributed by atoms with Gasteiger partial charge in [0.15, 0.2) is 0 Å². The number of benzene rings is 1. The van der Waals surface area contributed by atoms with Crippen LogP contribution in [0.4, 0.5) is 11.4 Å². The molecule has 106 valence electrons. The molecule has 1 aromatic carbocycles. The van der Waals surface area contributed by atoms with Gasteiger partial charge in [-0.3, -0.25) is 14.8 Å². The van der Waals surface area contributed by atoms with E-state index in [4.69, 9.17) is 23.2 Å². The molecule has 0 saturated heterocycles. The molecule has 8 heteroatoms. The number of hydrogen-bond acceptors (Lipinski definition) is 4. The Hall–Kier alpha value is -1.79. The third-order valence-electron chi connectivity index (χ3n) is 2.85. The van der Waals surface area contributed by atoms with Crippen molar-refractivity contribution in [3.8, 4) is 0 Å². The summed E-state index contributed by atoms with van der Waals surface area (Å²) >= 11 is 11.7. The first-order valence-electron chi connectivity index (χ1n) is 5.83. The van der Waals surface area contributed by atoms with Crippen molar-refractivity contribution in [3.05, 3.63) is 50.2 Å². The maximum Gasteiger partial charge on any atom is 0.293 e. The van der Waals surface area contributed by atoms with Crippen LogP contribution in [0.3, 0.4) is 0 Å². The monoisotopic (exact) mass is 314 g/mol. The summed E-state index contributed by atoms with van der Waals surface area (Å²) in [5.41, 5.74) is 1.29. The highest BCUT2D eigenvalue weighted by atomic mass is 35.5. The van der Waals surface area contributed by atoms with Crippen LogP contribution in [0.2, 0.25) is 10.0 Å². The average Bonchev–Trinajstić information content (AvgIpc) is 2.79. The summed E-state index contributed by atoms with van der Waals surface area (Å²) in [5, 5.41) is 18.5. The molecule has 1 aromatic heterocycles. The maximum absolute atomic E-state index is 11.0. The Balaban J connectivity index is 2.11. The molecule has 0 aliphatic rings. The fraction of sp³-hybridized carbons (Fsp3) is 0.250. The normalized spacial score (nSPS) is 10.6. The maximum atomic E-state index is 11.0. The van der Waals surface area contributed by atoms with Crippen molar-refractivity contribution in [2.75, 3.05) is 11.9 Å². The molecular weight excluding hydrogens is 303 g/mol. The molecule has 0 spiro atoms. The molecule has 2 rings (SSSR count). The second kappa shape index (κ2) is 6.11. The minimum atomic E-state index is -0.491. The number of nitrogens with zero attached hydrogens (tertiary/aromatic N) is 3. The van der Waals surface area contributed by atoms with E-state index in [9.17, 15) is 10.1 Å². The lowest BCUT2D eigenvalue weighted by Crippen LogP contribution is -2.09. The summed E-state index contributed by atoms with van der Waals surface area (Å²) in [5.74, 6) is 0. The largest absolute Gasteiger partial charge is 0.379 e. The molecule has 0 saturated carbocycles. The smallest absolute Gasteiger partial charge is 0.293 e. The predicted molar refractivity (Wildman–Crippen MR) is 78.5 cm³/mol. The molecule has 0 atom stereocenters. The van der Waals surface area contributed by atoms with Crippen molar-refractivity contribution >= 4 is 34.6 Å². The van der Waals surface area contributed by atoms with Gasteiger partial charge in [-0.05, 0) is 12.1 Å². The highest BCUT2D eigenvalue weighted by molar-refractivity contribution is 6.42. The van der Waals surface area contributed by atoms with Crippen LogP contribution in [0.1, 0.15) is 5.69 Å². The first-order chi connectivity index (χ1) is 9.49. The molecule has 0 aliphatic carbocycles. The van der Waals surface area contributed by atoms with E-state index in [0.29, 0.717) is 18.7 Å². The number of halogens is 2. The Morgan fingerprint density at radius 3 is 2.70 bits per heavy atom. The van der Waals surface area contributed by atoms with Crippen molar-refractivity contribution < 1.29 is 4.92 Å². The van der Waals surface area contributed by atoms with Gasteiger partial charge in [0.1, 0.15) is 5.69 Å². The topological polar surface area (TPSA) is 73.0 Å². The Kier molecular flexibility index (Phi) is 4.46. The number of anilines is 1. The summed E-state index contributed by atoms with van der Waals surface area (Å²) in [6, 6.07) is 4.60. The van der Waals surface area contributed by atoms with E-state index < -0.39 is 4.92 Å². The van der Waals surface area contributed by atoms with Gasteiger partial charge in [0.05, 0.1) is 15.0 Å². The molecule has 0 bridgehead atoms. The number of nitrogens with one attached hydrogen (secondary N) is 1. The van der Waals surface area contributed by atoms with E-state index in [0.717, 1.165) is 5.69 Å². The zero-order chi connectivity index (χ0) is 14.7. The van der Waals surface area contributed by atoms with Crippen LogP contribution in [0.15, 0.2) is 24.4 Å². The van der Waals surface area contributed by atoms with Gasteiger partial charge < -0.3 is 5.32 Å². The third kappa shape index (κ3) is 3.20. The summed E-state index contributed by atoms with van der Waals surface area (Å²) < 4.78 is 1.75. The first kappa shape index (κ1) is 14.6. The number of nitro benzene ring substituents is 1. The van der Waals surface area contributed by atoms with Crippen molar-refractivity contribution in [1.29, 1.82) is 0 Å². The molecule has 0 radical (unpaired) electrons. The van der Waals surface area contributed by atoms with Gasteiger partial charge in [0.2, 0.25) is 0 Å². The van der Waals surface area contributed by atoms with E-state index in [1.807, 2.05) is 13.1 Å². The second-order valence-electron chi connectivity index (χ2n) is 4.16. The molecule has 0 fully saturated rings. The highest BCUT2D eigenvalue weighted by Crippen LogP contribution is 2.33. The Morgan fingerprint density at radius 1 is 1.40 bits per heavy atom. The fourth-order valence-electron chi connectivity index (χ4n) is 1.80. The first-order valence-corrected chi connectivity index (χ1v) is 6.59. The van der Waals surface area contributed by atoms with Crippen LogP contribution in [-0.4, -0.2) is 21.2 Å². The van der Waals surface area contributed by atoms with Crippen LogP contribution >= 0.6 is 23.2 Å². The fourth-order valence-corrected chi connectivity index (χ4v) is 2.12. The van der Waals surface area contributed by atoms with Gasteiger partial charge in [-0.1, -0.05) is 23.2 Å². The number of aryl methyl sites for hydroxylation is 1. The molecule has 1 heterocycles. The molecule has 6 nitrogen and oxygen atoms in total. The minimum Gasteiger partial charge on any atom is -0.379 e. The molecular formula is C12H12Cl2N4O2. The number of hydrogen-bond donors (Lipinski definition) is 1. The Morgan fingerprint density at radius 2 is 2.10 bits per heavy atom. The van der Waals surface area contributed by atoms with Gasteiger partial charge in [-0.2, -0.15) is 5.10 Å². The zero-order valence-corrected chi connectivity index (χ0v) is 12.1. The zero-order valence-electron chi connectivity index (χ0n) is 10.6. The summed E-state index contributed by atoms with van der Waals surface area (Å²) in [4.78, 5) is 10.5. The van der Waals surface area contributed by atoms with Gasteiger partial charge in [0, 0.05) is 38.0 Å². The predicted octanol–water partition coefficient (Wildman–Crippen LogP) is 3.29. The lowest BCUT2D eigenvalue weighted by Gasteiger charge is -2.08. The third-order valence-corrected chi connectivity index (χ3v) is 3.58. The van der Waals surface area contributed by atoms with Crippen LogP contribution < -0.4 is 5.32 Å². The number of rotatable bonds is 5. The quantitative estimate of drug-likeness (QED) is 0.679. The molecule has 0 amide bonds. The van der Waals surface area contributed by atoms with E-state index >= 15 is 0 Å². The van der Waals surface area contributed by atoms with Gasteiger partial charge >= 0.3 is 0 Å². The summed E-state index contributed by atoms with van der Waals surface area (Å²) in [6.45, 7) is 0.526. The SMILES string of the molecule is Cn1nccc1CCNc1cc(Cl)c(Cl)cc1[N+](=O)[O-]. The molecule has 20 heavy (non-hydrogen) atoms. The number of nitro groups is 1. The van der Waals surface area contributed by atoms with Crippen molar-refractivity contribution in [2.45, 2.75) is 6.42 Å². The highest BCUT2D eigenvalue weighted by Gasteiger charge is 2.16. The van der Waals surface area contributed by atoms with E-state index in [1.54, 1.807) is 10.9 Å². The lowest BCUT2D eigenvalue weighted by atomic mass is 10.2. The average molecular weight is 315 g/mol.